The van der Waals surface area contributed by atoms with E-state index < -0.39 is 4.92 Å². The second-order valence-electron chi connectivity index (χ2n) is 6.59. The number of carbonyl (C=O) groups is 1. The van der Waals surface area contributed by atoms with Crippen molar-refractivity contribution in [3.63, 3.8) is 0 Å². The first-order valence-electron chi connectivity index (χ1n) is 9.12. The lowest BCUT2D eigenvalue weighted by Crippen LogP contribution is -2.26. The molecule has 0 unspecified atom stereocenters. The van der Waals surface area contributed by atoms with E-state index in [9.17, 15) is 14.9 Å². The number of thiazole rings is 1. The summed E-state index contributed by atoms with van der Waals surface area (Å²) >= 11 is 1.51. The number of benzene rings is 3. The minimum absolute atomic E-state index is 0.122. The summed E-state index contributed by atoms with van der Waals surface area (Å²) in [7, 11) is 1.64. The number of non-ortho nitro benzene ring substituents is 1. The number of nitro groups is 1. The van der Waals surface area contributed by atoms with Crippen molar-refractivity contribution >= 4 is 33.1 Å². The van der Waals surface area contributed by atoms with Gasteiger partial charge in [-0.05, 0) is 30.3 Å². The number of rotatable bonds is 6. The van der Waals surface area contributed by atoms with E-state index in [0.29, 0.717) is 5.75 Å². The molecule has 7 nitrogen and oxygen atoms in total. The summed E-state index contributed by atoms with van der Waals surface area (Å²) in [5, 5.41) is 12.0. The molecule has 0 saturated carbocycles. The molecule has 1 heterocycles. The maximum absolute atomic E-state index is 13.2. The smallest absolute Gasteiger partial charge is 0.270 e. The molecule has 0 aliphatic rings. The van der Waals surface area contributed by atoms with E-state index in [2.05, 4.69) is 4.98 Å². The first kappa shape index (κ1) is 19.5. The number of carbonyl (C=O) groups excluding carboxylic acids is 1. The van der Waals surface area contributed by atoms with E-state index >= 15 is 0 Å². The molecule has 0 aliphatic carbocycles. The fourth-order valence-electron chi connectivity index (χ4n) is 2.97. The molecule has 0 atom stereocenters. The Hall–Kier alpha value is -3.78. The summed E-state index contributed by atoms with van der Waals surface area (Å²) in [5.41, 5.74) is 0.825. The number of nitrogens with zero attached hydrogens (tertiary/aromatic N) is 3. The van der Waals surface area contributed by atoms with Gasteiger partial charge in [-0.1, -0.05) is 30.3 Å². The molecule has 4 rings (SSSR count). The Morgan fingerprint density at radius 1 is 1.10 bits per heavy atom. The average Bonchev–Trinajstić information content (AvgIpc) is 3.16. The SMILES string of the molecule is CN(Cc1nc2ccccc2s1)C(=O)c1cc([N+](=O)[O-])ccc1Oc1ccccc1. The van der Waals surface area contributed by atoms with Gasteiger partial charge in [0.25, 0.3) is 11.6 Å². The molecule has 0 N–H and O–H groups in total. The topological polar surface area (TPSA) is 85.6 Å². The molecule has 30 heavy (non-hydrogen) atoms. The second-order valence-corrected chi connectivity index (χ2v) is 7.70. The van der Waals surface area contributed by atoms with Gasteiger partial charge in [-0.25, -0.2) is 4.98 Å². The van der Waals surface area contributed by atoms with Crippen LogP contribution in [0, 0.1) is 10.1 Å². The van der Waals surface area contributed by atoms with E-state index in [1.54, 1.807) is 19.2 Å². The van der Waals surface area contributed by atoms with E-state index in [4.69, 9.17) is 4.74 Å². The lowest BCUT2D eigenvalue weighted by molar-refractivity contribution is -0.384. The third-order valence-electron chi connectivity index (χ3n) is 4.43. The summed E-state index contributed by atoms with van der Waals surface area (Å²) in [6.45, 7) is 0.283. The maximum atomic E-state index is 13.2. The van der Waals surface area contributed by atoms with Gasteiger partial charge >= 0.3 is 0 Å². The Kier molecular flexibility index (Phi) is 5.40. The number of hydrogen-bond acceptors (Lipinski definition) is 6. The number of nitro benzene ring substituents is 1. The van der Waals surface area contributed by atoms with Gasteiger partial charge in [0.2, 0.25) is 0 Å². The Morgan fingerprint density at radius 3 is 2.57 bits per heavy atom. The molecule has 0 radical (unpaired) electrons. The quantitative estimate of drug-likeness (QED) is 0.314. The van der Waals surface area contributed by atoms with Crippen LogP contribution in [0.4, 0.5) is 5.69 Å². The normalized spacial score (nSPS) is 10.7. The standard InChI is InChI=1S/C22H17N3O4S/c1-24(14-21-23-18-9-5-6-10-20(18)30-21)22(26)17-13-15(25(27)28)11-12-19(17)29-16-7-3-2-4-8-16/h2-13H,14H2,1H3. The molecular weight excluding hydrogens is 402 g/mol. The van der Waals surface area contributed by atoms with Crippen LogP contribution in [0.1, 0.15) is 15.4 Å². The van der Waals surface area contributed by atoms with Crippen molar-refractivity contribution in [2.75, 3.05) is 7.05 Å². The molecule has 0 aliphatic heterocycles. The van der Waals surface area contributed by atoms with E-state index in [-0.39, 0.29) is 29.5 Å². The summed E-state index contributed by atoms with van der Waals surface area (Å²) < 4.78 is 6.87. The molecule has 0 bridgehead atoms. The van der Waals surface area contributed by atoms with Gasteiger partial charge < -0.3 is 9.64 Å². The summed E-state index contributed by atoms with van der Waals surface area (Å²) in [5.74, 6) is 0.408. The third kappa shape index (κ3) is 4.13. The minimum atomic E-state index is -0.531. The van der Waals surface area contributed by atoms with Gasteiger partial charge in [0.1, 0.15) is 16.5 Å². The van der Waals surface area contributed by atoms with Crippen LogP contribution in [-0.4, -0.2) is 27.8 Å². The number of aromatic nitrogens is 1. The molecule has 4 aromatic rings. The van der Waals surface area contributed by atoms with E-state index in [1.165, 1.54) is 34.4 Å². The van der Waals surface area contributed by atoms with Crippen LogP contribution < -0.4 is 4.74 Å². The van der Waals surface area contributed by atoms with E-state index in [1.807, 2.05) is 42.5 Å². The lowest BCUT2D eigenvalue weighted by Gasteiger charge is -2.18. The Bertz CT molecular complexity index is 1190. The van der Waals surface area contributed by atoms with Crippen molar-refractivity contribution in [3.8, 4) is 11.5 Å². The first-order chi connectivity index (χ1) is 14.5. The molecule has 8 heteroatoms. The van der Waals surface area contributed by atoms with Crippen LogP contribution in [0.2, 0.25) is 0 Å². The van der Waals surface area contributed by atoms with Crippen LogP contribution in [-0.2, 0) is 6.54 Å². The van der Waals surface area contributed by atoms with Crippen molar-refractivity contribution in [2.45, 2.75) is 6.54 Å². The highest BCUT2D eigenvalue weighted by molar-refractivity contribution is 7.18. The zero-order valence-corrected chi connectivity index (χ0v) is 16.8. The average molecular weight is 419 g/mol. The Labute approximate surface area is 176 Å². The van der Waals surface area contributed by atoms with Gasteiger partial charge in [-0.15, -0.1) is 11.3 Å². The number of para-hydroxylation sites is 2. The van der Waals surface area contributed by atoms with Crippen LogP contribution in [0.3, 0.4) is 0 Å². The number of fused-ring (bicyclic) bond motifs is 1. The zero-order valence-electron chi connectivity index (χ0n) is 16.0. The lowest BCUT2D eigenvalue weighted by atomic mass is 10.1. The second kappa shape index (κ2) is 8.30. The fourth-order valence-corrected chi connectivity index (χ4v) is 3.99. The predicted octanol–water partition coefficient (Wildman–Crippen LogP) is 5.27. The maximum Gasteiger partial charge on any atom is 0.270 e. The van der Waals surface area contributed by atoms with Crippen molar-refractivity contribution in [1.82, 2.24) is 9.88 Å². The van der Waals surface area contributed by atoms with Crippen molar-refractivity contribution in [3.05, 3.63) is 93.5 Å². The van der Waals surface area contributed by atoms with Crippen molar-refractivity contribution in [1.29, 1.82) is 0 Å². The Balaban J connectivity index is 1.63. The fraction of sp³-hybridized carbons (Fsp3) is 0.0909. The monoisotopic (exact) mass is 419 g/mol. The highest BCUT2D eigenvalue weighted by Gasteiger charge is 2.22. The van der Waals surface area contributed by atoms with Gasteiger partial charge in [0.15, 0.2) is 0 Å². The number of ether oxygens (including phenoxy) is 1. The Morgan fingerprint density at radius 2 is 1.83 bits per heavy atom. The zero-order chi connectivity index (χ0) is 21.1. The predicted molar refractivity (Wildman–Crippen MR) is 115 cm³/mol. The molecule has 0 spiro atoms. The van der Waals surface area contributed by atoms with Gasteiger partial charge in [-0.2, -0.15) is 0 Å². The van der Waals surface area contributed by atoms with Crippen LogP contribution in [0.25, 0.3) is 10.2 Å². The van der Waals surface area contributed by atoms with Crippen LogP contribution in [0.15, 0.2) is 72.8 Å². The number of amides is 1. The third-order valence-corrected chi connectivity index (χ3v) is 5.45. The molecule has 150 valence electrons. The summed E-state index contributed by atoms with van der Waals surface area (Å²) in [6, 6.07) is 20.7. The van der Waals surface area contributed by atoms with Crippen LogP contribution >= 0.6 is 11.3 Å². The number of hydrogen-bond donors (Lipinski definition) is 0. The van der Waals surface area contributed by atoms with Gasteiger partial charge in [0.05, 0.1) is 27.2 Å². The first-order valence-corrected chi connectivity index (χ1v) is 9.94. The summed E-state index contributed by atoms with van der Waals surface area (Å²) in [6.07, 6.45) is 0. The summed E-state index contributed by atoms with van der Waals surface area (Å²) in [4.78, 5) is 29.9. The van der Waals surface area contributed by atoms with Gasteiger partial charge in [0, 0.05) is 19.2 Å². The van der Waals surface area contributed by atoms with Crippen molar-refractivity contribution < 1.29 is 14.5 Å². The molecule has 0 fully saturated rings. The van der Waals surface area contributed by atoms with Gasteiger partial charge in [-0.3, -0.25) is 14.9 Å². The molecular formula is C22H17N3O4S. The largest absolute Gasteiger partial charge is 0.457 e. The molecule has 1 amide bonds. The van der Waals surface area contributed by atoms with Crippen LogP contribution in [0.5, 0.6) is 11.5 Å². The highest BCUT2D eigenvalue weighted by Crippen LogP contribution is 2.30. The molecule has 1 aromatic heterocycles. The molecule has 3 aromatic carbocycles. The van der Waals surface area contributed by atoms with E-state index in [0.717, 1.165) is 15.2 Å². The molecule has 0 saturated heterocycles. The van der Waals surface area contributed by atoms with Crippen molar-refractivity contribution in [2.24, 2.45) is 0 Å². The minimum Gasteiger partial charge on any atom is -0.457 e. The highest BCUT2D eigenvalue weighted by atomic mass is 32.1.